The Balaban J connectivity index is 1.81. The molecule has 114 valence electrons. The largest absolute Gasteiger partial charge is 0.476 e. The molecule has 22 heavy (non-hydrogen) atoms. The topological polar surface area (TPSA) is 75.5 Å². The molecule has 2 aromatic rings. The second kappa shape index (κ2) is 6.11. The summed E-state index contributed by atoms with van der Waals surface area (Å²) in [5, 5.41) is 8.89. The number of carboxylic acids is 1. The van der Waals surface area contributed by atoms with Gasteiger partial charge in [0.1, 0.15) is 11.9 Å². The highest BCUT2D eigenvalue weighted by atomic mass is 16.5. The third kappa shape index (κ3) is 2.92. The van der Waals surface area contributed by atoms with E-state index in [1.807, 2.05) is 37.3 Å². The van der Waals surface area contributed by atoms with Crippen molar-refractivity contribution in [1.82, 2.24) is 9.97 Å². The van der Waals surface area contributed by atoms with Gasteiger partial charge in [0.15, 0.2) is 5.69 Å². The van der Waals surface area contributed by atoms with Gasteiger partial charge in [-0.15, -0.1) is 0 Å². The number of carboxylic acid groups (broad SMARTS) is 1. The van der Waals surface area contributed by atoms with Gasteiger partial charge in [-0.2, -0.15) is 0 Å². The van der Waals surface area contributed by atoms with Crippen LogP contribution in [0.3, 0.4) is 0 Å². The molecular weight excluding hydrogens is 282 g/mol. The Kier molecular flexibility index (Phi) is 4.02. The van der Waals surface area contributed by atoms with E-state index in [2.05, 4.69) is 14.9 Å². The van der Waals surface area contributed by atoms with Gasteiger partial charge in [0.25, 0.3) is 0 Å². The number of aromatic carboxylic acids is 1. The Hall–Kier alpha value is -2.47. The van der Waals surface area contributed by atoms with Crippen molar-refractivity contribution in [3.05, 3.63) is 54.0 Å². The van der Waals surface area contributed by atoms with Gasteiger partial charge in [0.2, 0.25) is 0 Å². The number of morpholine rings is 1. The first-order valence-corrected chi connectivity index (χ1v) is 7.13. The summed E-state index contributed by atoms with van der Waals surface area (Å²) < 4.78 is 5.91. The fourth-order valence-electron chi connectivity index (χ4n) is 2.53. The maximum Gasteiger partial charge on any atom is 0.356 e. The smallest absolute Gasteiger partial charge is 0.356 e. The number of anilines is 1. The second-order valence-corrected chi connectivity index (χ2v) is 5.30. The minimum absolute atomic E-state index is 0.0293. The lowest BCUT2D eigenvalue weighted by Gasteiger charge is -2.38. The molecule has 1 N–H and O–H groups in total. The van der Waals surface area contributed by atoms with Gasteiger partial charge in [0.05, 0.1) is 31.6 Å². The lowest BCUT2D eigenvalue weighted by molar-refractivity contribution is 0.0212. The molecule has 1 aromatic carbocycles. The molecule has 0 bridgehead atoms. The van der Waals surface area contributed by atoms with Crippen molar-refractivity contribution < 1.29 is 14.6 Å². The van der Waals surface area contributed by atoms with Crippen molar-refractivity contribution in [1.29, 1.82) is 0 Å². The SMILES string of the molecule is CC1COC(c2ccccc2)CN1c1cnc(C(=O)O)cn1. The Morgan fingerprint density at radius 2 is 2.05 bits per heavy atom. The standard InChI is InChI=1S/C16H17N3O3/c1-11-10-22-14(12-5-3-2-4-6-12)9-19(11)15-8-17-13(7-18-15)16(20)21/h2-8,11,14H,9-10H2,1H3,(H,20,21). The van der Waals surface area contributed by atoms with Crippen LogP contribution in [0.5, 0.6) is 0 Å². The molecule has 0 radical (unpaired) electrons. The number of nitrogens with zero attached hydrogens (tertiary/aromatic N) is 3. The van der Waals surface area contributed by atoms with E-state index >= 15 is 0 Å². The number of hydrogen-bond donors (Lipinski definition) is 1. The first-order chi connectivity index (χ1) is 10.6. The van der Waals surface area contributed by atoms with Crippen LogP contribution >= 0.6 is 0 Å². The van der Waals surface area contributed by atoms with Crippen LogP contribution in [0.15, 0.2) is 42.7 Å². The molecule has 1 fully saturated rings. The highest BCUT2D eigenvalue weighted by molar-refractivity contribution is 5.84. The van der Waals surface area contributed by atoms with Crippen LogP contribution in [0.4, 0.5) is 5.82 Å². The zero-order chi connectivity index (χ0) is 15.5. The normalized spacial score (nSPS) is 21.6. The quantitative estimate of drug-likeness (QED) is 0.936. The molecule has 2 heterocycles. The predicted molar refractivity (Wildman–Crippen MR) is 80.9 cm³/mol. The van der Waals surface area contributed by atoms with E-state index in [1.165, 1.54) is 12.4 Å². The van der Waals surface area contributed by atoms with Gasteiger partial charge >= 0.3 is 5.97 Å². The highest BCUT2D eigenvalue weighted by Gasteiger charge is 2.28. The van der Waals surface area contributed by atoms with E-state index in [9.17, 15) is 4.79 Å². The Morgan fingerprint density at radius 3 is 2.68 bits per heavy atom. The van der Waals surface area contributed by atoms with Gasteiger partial charge in [-0.3, -0.25) is 0 Å². The monoisotopic (exact) mass is 299 g/mol. The maximum atomic E-state index is 10.9. The number of benzene rings is 1. The van der Waals surface area contributed by atoms with Crippen LogP contribution in [-0.2, 0) is 4.74 Å². The summed E-state index contributed by atoms with van der Waals surface area (Å²) >= 11 is 0. The zero-order valence-corrected chi connectivity index (χ0v) is 12.2. The van der Waals surface area contributed by atoms with E-state index in [0.717, 1.165) is 5.56 Å². The third-order valence-electron chi connectivity index (χ3n) is 3.76. The molecule has 0 saturated carbocycles. The van der Waals surface area contributed by atoms with E-state index < -0.39 is 5.97 Å². The molecule has 1 saturated heterocycles. The number of aromatic nitrogens is 2. The van der Waals surface area contributed by atoms with Crippen LogP contribution in [-0.4, -0.2) is 40.2 Å². The summed E-state index contributed by atoms with van der Waals surface area (Å²) in [6.07, 6.45) is 2.77. The van der Waals surface area contributed by atoms with Gasteiger partial charge in [0, 0.05) is 0 Å². The molecule has 2 unspecified atom stereocenters. The lowest BCUT2D eigenvalue weighted by atomic mass is 10.1. The van der Waals surface area contributed by atoms with Crippen molar-refractivity contribution in [3.63, 3.8) is 0 Å². The van der Waals surface area contributed by atoms with Crippen LogP contribution in [0.25, 0.3) is 0 Å². The van der Waals surface area contributed by atoms with E-state index in [1.54, 1.807) is 0 Å². The minimum Gasteiger partial charge on any atom is -0.476 e. The summed E-state index contributed by atoms with van der Waals surface area (Å²) in [6, 6.07) is 10.2. The van der Waals surface area contributed by atoms with Gasteiger partial charge in [-0.25, -0.2) is 14.8 Å². The van der Waals surface area contributed by atoms with Crippen molar-refractivity contribution in [2.75, 3.05) is 18.1 Å². The maximum absolute atomic E-state index is 10.9. The minimum atomic E-state index is -1.07. The number of carbonyl (C=O) groups is 1. The molecular formula is C16H17N3O3. The number of hydrogen-bond acceptors (Lipinski definition) is 5. The van der Waals surface area contributed by atoms with Gasteiger partial charge < -0.3 is 14.7 Å². The molecule has 0 aliphatic carbocycles. The van der Waals surface area contributed by atoms with Crippen molar-refractivity contribution in [2.24, 2.45) is 0 Å². The predicted octanol–water partition coefficient (Wildman–Crippen LogP) is 2.14. The van der Waals surface area contributed by atoms with Crippen molar-refractivity contribution >= 4 is 11.8 Å². The average molecular weight is 299 g/mol. The molecule has 1 aromatic heterocycles. The Morgan fingerprint density at radius 1 is 1.27 bits per heavy atom. The fourth-order valence-corrected chi connectivity index (χ4v) is 2.53. The summed E-state index contributed by atoms with van der Waals surface area (Å²) in [5.41, 5.74) is 1.07. The molecule has 2 atom stereocenters. The molecule has 1 aliphatic rings. The molecule has 1 aliphatic heterocycles. The van der Waals surface area contributed by atoms with Crippen LogP contribution < -0.4 is 4.90 Å². The summed E-state index contributed by atoms with van der Waals surface area (Å²) in [4.78, 5) is 21.1. The van der Waals surface area contributed by atoms with Crippen molar-refractivity contribution in [3.8, 4) is 0 Å². The fraction of sp³-hybridized carbons (Fsp3) is 0.312. The van der Waals surface area contributed by atoms with Crippen LogP contribution in [0, 0.1) is 0 Å². The zero-order valence-electron chi connectivity index (χ0n) is 12.2. The highest BCUT2D eigenvalue weighted by Crippen LogP contribution is 2.27. The molecule has 0 spiro atoms. The van der Waals surface area contributed by atoms with E-state index in [4.69, 9.17) is 9.84 Å². The number of rotatable bonds is 3. The van der Waals surface area contributed by atoms with Gasteiger partial charge in [-0.05, 0) is 12.5 Å². The van der Waals surface area contributed by atoms with Crippen molar-refractivity contribution in [2.45, 2.75) is 19.1 Å². The Labute approximate surface area is 128 Å². The molecule has 0 amide bonds. The molecule has 6 nitrogen and oxygen atoms in total. The summed E-state index contributed by atoms with van der Waals surface area (Å²) in [5.74, 6) is -0.405. The first kappa shape index (κ1) is 14.5. The lowest BCUT2D eigenvalue weighted by Crippen LogP contribution is -2.45. The van der Waals surface area contributed by atoms with Crippen LogP contribution in [0.2, 0.25) is 0 Å². The first-order valence-electron chi connectivity index (χ1n) is 7.13. The van der Waals surface area contributed by atoms with E-state index in [-0.39, 0.29) is 17.8 Å². The second-order valence-electron chi connectivity index (χ2n) is 5.30. The average Bonchev–Trinajstić information content (AvgIpc) is 2.56. The summed E-state index contributed by atoms with van der Waals surface area (Å²) in [6.45, 7) is 3.29. The third-order valence-corrected chi connectivity index (χ3v) is 3.76. The summed E-state index contributed by atoms with van der Waals surface area (Å²) in [7, 11) is 0. The number of ether oxygens (including phenoxy) is 1. The van der Waals surface area contributed by atoms with E-state index in [0.29, 0.717) is 19.0 Å². The Bertz CT molecular complexity index is 645. The van der Waals surface area contributed by atoms with Gasteiger partial charge in [-0.1, -0.05) is 30.3 Å². The molecule has 3 rings (SSSR count). The van der Waals surface area contributed by atoms with Crippen LogP contribution in [0.1, 0.15) is 29.1 Å². The molecule has 6 heteroatoms.